The van der Waals surface area contributed by atoms with Gasteiger partial charge in [-0.25, -0.2) is 0 Å². The number of nitrogens with one attached hydrogen (secondary N) is 1. The highest BCUT2D eigenvalue weighted by Crippen LogP contribution is 2.68. The van der Waals surface area contributed by atoms with E-state index in [0.29, 0.717) is 11.4 Å². The molecule has 1 rings (SSSR count). The van der Waals surface area contributed by atoms with E-state index in [4.69, 9.17) is 18.0 Å². The highest BCUT2D eigenvalue weighted by Gasteiger charge is 2.68. The van der Waals surface area contributed by atoms with E-state index in [0.717, 1.165) is 0 Å². The Labute approximate surface area is 103 Å². The zero-order chi connectivity index (χ0) is 12.7. The van der Waals surface area contributed by atoms with Gasteiger partial charge in [-0.3, -0.25) is 4.79 Å². The van der Waals surface area contributed by atoms with Gasteiger partial charge < -0.3 is 11.1 Å². The number of carbonyl (C=O) groups is 1. The van der Waals surface area contributed by atoms with E-state index in [1.165, 1.54) is 0 Å². The third-order valence-corrected chi connectivity index (χ3v) is 4.35. The van der Waals surface area contributed by atoms with Crippen LogP contribution in [-0.2, 0) is 4.79 Å². The molecular weight excluding hydrogens is 220 g/mol. The van der Waals surface area contributed by atoms with Gasteiger partial charge >= 0.3 is 0 Å². The van der Waals surface area contributed by atoms with Crippen molar-refractivity contribution in [3.05, 3.63) is 0 Å². The van der Waals surface area contributed by atoms with Gasteiger partial charge in [0.15, 0.2) is 0 Å². The van der Waals surface area contributed by atoms with Crippen molar-refractivity contribution in [2.45, 2.75) is 47.1 Å². The Balaban J connectivity index is 2.53. The molecule has 0 saturated heterocycles. The summed E-state index contributed by atoms with van der Waals surface area (Å²) in [4.78, 5) is 12.5. The van der Waals surface area contributed by atoms with E-state index in [-0.39, 0.29) is 28.7 Å². The Morgan fingerprint density at radius 1 is 1.38 bits per heavy atom. The van der Waals surface area contributed by atoms with E-state index in [9.17, 15) is 4.79 Å². The zero-order valence-electron chi connectivity index (χ0n) is 10.8. The number of amides is 1. The minimum absolute atomic E-state index is 0.0252. The van der Waals surface area contributed by atoms with E-state index in [1.807, 2.05) is 6.92 Å². The molecule has 1 atom stereocenters. The smallest absolute Gasteiger partial charge is 0.224 e. The molecule has 1 saturated carbocycles. The second-order valence-corrected chi connectivity index (χ2v) is 6.48. The van der Waals surface area contributed by atoms with Crippen molar-refractivity contribution in [1.82, 2.24) is 5.32 Å². The maximum atomic E-state index is 12.0. The molecule has 1 aliphatic carbocycles. The molecule has 92 valence electrons. The molecule has 1 amide bonds. The fraction of sp³-hybridized carbons (Fsp3) is 0.833. The first-order valence-corrected chi connectivity index (χ1v) is 6.10. The van der Waals surface area contributed by atoms with Crippen LogP contribution in [0.2, 0.25) is 0 Å². The number of hydrogen-bond donors (Lipinski definition) is 2. The van der Waals surface area contributed by atoms with Gasteiger partial charge in [-0.05, 0) is 17.8 Å². The Morgan fingerprint density at radius 3 is 2.12 bits per heavy atom. The van der Waals surface area contributed by atoms with Gasteiger partial charge in [0.25, 0.3) is 0 Å². The van der Waals surface area contributed by atoms with E-state index >= 15 is 0 Å². The second-order valence-electron chi connectivity index (χ2n) is 5.96. The lowest BCUT2D eigenvalue weighted by molar-refractivity contribution is -0.124. The molecule has 0 heterocycles. The number of carbonyl (C=O) groups excluding carboxylic acids is 1. The van der Waals surface area contributed by atoms with Crippen LogP contribution in [0.4, 0.5) is 0 Å². The van der Waals surface area contributed by atoms with E-state index < -0.39 is 0 Å². The van der Waals surface area contributed by atoms with Gasteiger partial charge in [0, 0.05) is 18.4 Å². The van der Waals surface area contributed by atoms with Crippen LogP contribution >= 0.6 is 12.2 Å². The summed E-state index contributed by atoms with van der Waals surface area (Å²) >= 11 is 4.82. The molecule has 0 spiro atoms. The summed E-state index contributed by atoms with van der Waals surface area (Å²) in [6.45, 7) is 10.5. The Morgan fingerprint density at radius 2 is 1.81 bits per heavy atom. The molecule has 0 aliphatic heterocycles. The number of thiocarbonyl (C=S) groups is 1. The summed E-state index contributed by atoms with van der Waals surface area (Å²) in [6.07, 6.45) is 0.564. The van der Waals surface area contributed by atoms with E-state index in [1.54, 1.807) is 0 Å². The molecule has 16 heavy (non-hydrogen) atoms. The normalized spacial score (nSPS) is 23.6. The Kier molecular flexibility index (Phi) is 3.34. The van der Waals surface area contributed by atoms with Crippen molar-refractivity contribution in [2.24, 2.45) is 22.5 Å². The van der Waals surface area contributed by atoms with Crippen LogP contribution < -0.4 is 11.1 Å². The first-order chi connectivity index (χ1) is 7.10. The molecule has 1 unspecified atom stereocenters. The predicted molar refractivity (Wildman–Crippen MR) is 70.1 cm³/mol. The standard InChI is InChI=1S/C12H22N2OS/c1-7(6-8(13)16)14-10(15)9-11(2,3)12(9,4)5/h7,9H,6H2,1-5H3,(H2,13,16)(H,14,15). The lowest BCUT2D eigenvalue weighted by Gasteiger charge is -2.13. The largest absolute Gasteiger partial charge is 0.393 e. The fourth-order valence-electron chi connectivity index (χ4n) is 2.53. The Bertz CT molecular complexity index is 309. The number of hydrogen-bond acceptors (Lipinski definition) is 2. The summed E-state index contributed by atoms with van der Waals surface area (Å²) in [5.74, 6) is 0.215. The van der Waals surface area contributed by atoms with Crippen molar-refractivity contribution in [1.29, 1.82) is 0 Å². The molecule has 0 radical (unpaired) electrons. The highest BCUT2D eigenvalue weighted by molar-refractivity contribution is 7.80. The molecule has 3 N–H and O–H groups in total. The third kappa shape index (κ3) is 2.21. The molecule has 3 nitrogen and oxygen atoms in total. The quantitative estimate of drug-likeness (QED) is 0.740. The van der Waals surface area contributed by atoms with Crippen LogP contribution in [0.5, 0.6) is 0 Å². The topological polar surface area (TPSA) is 55.1 Å². The van der Waals surface area contributed by atoms with Crippen LogP contribution in [-0.4, -0.2) is 16.9 Å². The van der Waals surface area contributed by atoms with Gasteiger partial charge in [0.05, 0.1) is 4.99 Å². The maximum Gasteiger partial charge on any atom is 0.224 e. The molecular formula is C12H22N2OS. The zero-order valence-corrected chi connectivity index (χ0v) is 11.6. The van der Waals surface area contributed by atoms with Crippen LogP contribution in [0.1, 0.15) is 41.0 Å². The monoisotopic (exact) mass is 242 g/mol. The molecule has 0 aromatic carbocycles. The first-order valence-electron chi connectivity index (χ1n) is 5.69. The van der Waals surface area contributed by atoms with Gasteiger partial charge in [-0.15, -0.1) is 0 Å². The van der Waals surface area contributed by atoms with Crippen molar-refractivity contribution >= 4 is 23.1 Å². The lowest BCUT2D eigenvalue weighted by atomic mass is 10.0. The molecule has 1 aliphatic rings. The summed E-state index contributed by atoms with van der Waals surface area (Å²) < 4.78 is 0. The lowest BCUT2D eigenvalue weighted by Crippen LogP contribution is -2.37. The summed E-state index contributed by atoms with van der Waals surface area (Å²) in [7, 11) is 0. The third-order valence-electron chi connectivity index (χ3n) is 4.18. The van der Waals surface area contributed by atoms with Crippen molar-refractivity contribution in [3.8, 4) is 0 Å². The number of nitrogens with two attached hydrogens (primary N) is 1. The van der Waals surface area contributed by atoms with Crippen molar-refractivity contribution < 1.29 is 4.79 Å². The Hall–Kier alpha value is -0.640. The highest BCUT2D eigenvalue weighted by atomic mass is 32.1. The van der Waals surface area contributed by atoms with Crippen LogP contribution in [0.15, 0.2) is 0 Å². The van der Waals surface area contributed by atoms with Gasteiger partial charge in [0.1, 0.15) is 0 Å². The molecule has 4 heteroatoms. The summed E-state index contributed by atoms with van der Waals surface area (Å²) in [5, 5.41) is 2.98. The minimum Gasteiger partial charge on any atom is -0.393 e. The predicted octanol–water partition coefficient (Wildman–Crippen LogP) is 1.85. The van der Waals surface area contributed by atoms with Gasteiger partial charge in [-0.1, -0.05) is 39.9 Å². The fourth-order valence-corrected chi connectivity index (χ4v) is 2.78. The first kappa shape index (κ1) is 13.4. The van der Waals surface area contributed by atoms with Crippen molar-refractivity contribution in [2.75, 3.05) is 0 Å². The van der Waals surface area contributed by atoms with Crippen molar-refractivity contribution in [3.63, 3.8) is 0 Å². The van der Waals surface area contributed by atoms with Crippen LogP contribution in [0.25, 0.3) is 0 Å². The average molecular weight is 242 g/mol. The van der Waals surface area contributed by atoms with Gasteiger partial charge in [0.2, 0.25) is 5.91 Å². The molecule has 0 aromatic rings. The van der Waals surface area contributed by atoms with E-state index in [2.05, 4.69) is 33.0 Å². The molecule has 0 bridgehead atoms. The minimum atomic E-state index is 0.0252. The molecule has 1 fully saturated rings. The summed E-state index contributed by atoms with van der Waals surface area (Å²) in [6, 6.07) is 0.0252. The van der Waals surface area contributed by atoms with Crippen LogP contribution in [0.3, 0.4) is 0 Å². The number of rotatable bonds is 4. The summed E-state index contributed by atoms with van der Waals surface area (Å²) in [5.41, 5.74) is 5.61. The van der Waals surface area contributed by atoms with Crippen LogP contribution in [0, 0.1) is 16.7 Å². The second kappa shape index (κ2) is 3.99. The van der Waals surface area contributed by atoms with Gasteiger partial charge in [-0.2, -0.15) is 0 Å². The SMILES string of the molecule is CC(CC(N)=S)NC(=O)C1C(C)(C)C1(C)C. The average Bonchev–Trinajstić information content (AvgIpc) is 2.39. The molecule has 0 aromatic heterocycles. The maximum absolute atomic E-state index is 12.0.